The van der Waals surface area contributed by atoms with E-state index in [4.69, 9.17) is 11.6 Å². The van der Waals surface area contributed by atoms with Crippen LogP contribution in [0.25, 0.3) is 0 Å². The van der Waals surface area contributed by atoms with Crippen LogP contribution in [0.1, 0.15) is 5.56 Å². The zero-order valence-corrected chi connectivity index (χ0v) is 9.69. The molecule has 0 aliphatic heterocycles. The molecule has 0 fully saturated rings. The van der Waals surface area contributed by atoms with Gasteiger partial charge in [-0.3, -0.25) is 9.48 Å². The number of carbonyl (C=O) groups is 1. The fraction of sp³-hybridized carbons (Fsp3) is 0.167. The zero-order valence-electron chi connectivity index (χ0n) is 8.94. The first-order chi connectivity index (χ1) is 8.13. The van der Waals surface area contributed by atoms with Crippen molar-refractivity contribution in [1.29, 1.82) is 0 Å². The van der Waals surface area contributed by atoms with Crippen LogP contribution in [0.4, 0.5) is 4.39 Å². The Balaban J connectivity index is 1.95. The summed E-state index contributed by atoms with van der Waals surface area (Å²) in [7, 11) is 0. The third kappa shape index (κ3) is 3.39. The van der Waals surface area contributed by atoms with E-state index in [0.717, 1.165) is 5.56 Å². The molecule has 0 aliphatic carbocycles. The molecule has 1 aromatic carbocycles. The third-order valence-electron chi connectivity index (χ3n) is 2.25. The number of hydrogen-bond acceptors (Lipinski definition) is 2. The van der Waals surface area contributed by atoms with Crippen molar-refractivity contribution in [1.82, 2.24) is 9.78 Å². The minimum absolute atomic E-state index is 0.00336. The first-order valence-corrected chi connectivity index (χ1v) is 5.45. The number of rotatable bonds is 4. The summed E-state index contributed by atoms with van der Waals surface area (Å²) in [6, 6.07) is 5.88. The number of ketones is 1. The topological polar surface area (TPSA) is 34.9 Å². The van der Waals surface area contributed by atoms with Crippen LogP contribution in [0.5, 0.6) is 0 Å². The summed E-state index contributed by atoms with van der Waals surface area (Å²) < 4.78 is 14.1. The van der Waals surface area contributed by atoms with Crippen LogP contribution in [0.2, 0.25) is 5.02 Å². The Morgan fingerprint density at radius 3 is 2.65 bits per heavy atom. The number of hydrogen-bond donors (Lipinski definition) is 0. The number of benzene rings is 1. The second-order valence-electron chi connectivity index (χ2n) is 3.70. The summed E-state index contributed by atoms with van der Waals surface area (Å²) in [5, 5.41) is 4.41. The molecule has 2 aromatic rings. The Labute approximate surface area is 103 Å². The lowest BCUT2D eigenvalue weighted by molar-refractivity contribution is -0.119. The molecule has 0 bridgehead atoms. The van der Waals surface area contributed by atoms with Crippen LogP contribution in [0.15, 0.2) is 36.7 Å². The van der Waals surface area contributed by atoms with Crippen molar-refractivity contribution in [2.45, 2.75) is 13.0 Å². The minimum atomic E-state index is -0.306. The lowest BCUT2D eigenvalue weighted by Crippen LogP contribution is -2.12. The van der Waals surface area contributed by atoms with Gasteiger partial charge in [0.15, 0.2) is 5.78 Å². The molecule has 1 aromatic heterocycles. The Hall–Kier alpha value is -1.68. The van der Waals surface area contributed by atoms with Crippen molar-refractivity contribution >= 4 is 17.4 Å². The molecule has 0 aliphatic rings. The molecular weight excluding hydrogens is 243 g/mol. The smallest absolute Gasteiger partial charge is 0.158 e. The van der Waals surface area contributed by atoms with Crippen molar-refractivity contribution in [2.75, 3.05) is 0 Å². The van der Waals surface area contributed by atoms with E-state index >= 15 is 0 Å². The summed E-state index contributed by atoms with van der Waals surface area (Å²) in [4.78, 5) is 11.7. The van der Waals surface area contributed by atoms with Crippen molar-refractivity contribution in [3.05, 3.63) is 53.1 Å². The quantitative estimate of drug-likeness (QED) is 0.838. The van der Waals surface area contributed by atoms with Gasteiger partial charge in [0.1, 0.15) is 5.82 Å². The van der Waals surface area contributed by atoms with Gasteiger partial charge in [-0.1, -0.05) is 23.7 Å². The molecule has 0 spiro atoms. The number of Topliss-reactive ketones (excluding diaryl/α,β-unsaturated/α-hetero) is 1. The molecule has 0 amide bonds. The van der Waals surface area contributed by atoms with E-state index in [1.165, 1.54) is 23.0 Å². The van der Waals surface area contributed by atoms with Crippen molar-refractivity contribution in [3.63, 3.8) is 0 Å². The van der Waals surface area contributed by atoms with E-state index in [0.29, 0.717) is 5.02 Å². The van der Waals surface area contributed by atoms with Gasteiger partial charge in [0.2, 0.25) is 0 Å². The first kappa shape index (κ1) is 11.8. The molecule has 88 valence electrons. The van der Waals surface area contributed by atoms with E-state index in [9.17, 15) is 9.18 Å². The predicted molar refractivity (Wildman–Crippen MR) is 62.3 cm³/mol. The Morgan fingerprint density at radius 2 is 2.06 bits per heavy atom. The number of carbonyl (C=O) groups excluding carboxylic acids is 1. The van der Waals surface area contributed by atoms with Crippen LogP contribution in [-0.2, 0) is 17.8 Å². The second kappa shape index (κ2) is 5.10. The molecule has 3 nitrogen and oxygen atoms in total. The van der Waals surface area contributed by atoms with Gasteiger partial charge in [0.05, 0.1) is 17.8 Å². The summed E-state index contributed by atoms with van der Waals surface area (Å²) in [5.74, 6) is -0.309. The summed E-state index contributed by atoms with van der Waals surface area (Å²) in [6.45, 7) is 0.171. The maximum Gasteiger partial charge on any atom is 0.158 e. The molecule has 0 radical (unpaired) electrons. The summed E-state index contributed by atoms with van der Waals surface area (Å²) in [5.41, 5.74) is 0.787. The minimum Gasteiger partial charge on any atom is -0.297 e. The number of nitrogens with zero attached hydrogens (tertiary/aromatic N) is 2. The highest BCUT2D eigenvalue weighted by Gasteiger charge is 2.06. The largest absolute Gasteiger partial charge is 0.297 e. The van der Waals surface area contributed by atoms with Gasteiger partial charge >= 0.3 is 0 Å². The predicted octanol–water partition coefficient (Wildman–Crippen LogP) is 2.49. The summed E-state index contributed by atoms with van der Waals surface area (Å²) in [6.07, 6.45) is 3.33. The van der Waals surface area contributed by atoms with Crippen molar-refractivity contribution < 1.29 is 9.18 Å². The van der Waals surface area contributed by atoms with E-state index in [1.807, 2.05) is 0 Å². The average molecular weight is 253 g/mol. The summed E-state index contributed by atoms with van der Waals surface area (Å²) >= 11 is 5.69. The Bertz CT molecular complexity index is 522. The zero-order chi connectivity index (χ0) is 12.3. The molecule has 5 heteroatoms. The van der Waals surface area contributed by atoms with E-state index in [1.54, 1.807) is 18.3 Å². The normalized spacial score (nSPS) is 10.5. The van der Waals surface area contributed by atoms with Crippen LogP contribution in [0.3, 0.4) is 0 Å². The van der Waals surface area contributed by atoms with Gasteiger partial charge in [-0.05, 0) is 17.7 Å². The average Bonchev–Trinajstić information content (AvgIpc) is 2.67. The molecule has 0 N–H and O–H groups in total. The number of aromatic nitrogens is 2. The maximum atomic E-state index is 12.7. The first-order valence-electron chi connectivity index (χ1n) is 5.07. The highest BCUT2D eigenvalue weighted by molar-refractivity contribution is 6.30. The molecule has 0 atom stereocenters. The van der Waals surface area contributed by atoms with Crippen molar-refractivity contribution in [2.24, 2.45) is 0 Å². The standard InChI is InChI=1S/C12H10ClFN2O/c13-10-6-15-16(7-10)8-12(17)5-9-1-3-11(14)4-2-9/h1-4,6-7H,5,8H2. The highest BCUT2D eigenvalue weighted by atomic mass is 35.5. The SMILES string of the molecule is O=C(Cc1ccc(F)cc1)Cn1cc(Cl)cn1. The molecule has 0 saturated heterocycles. The molecule has 2 rings (SSSR count). The monoisotopic (exact) mass is 252 g/mol. The molecule has 1 heterocycles. The Kier molecular flexibility index (Phi) is 3.54. The van der Waals surface area contributed by atoms with Gasteiger partial charge in [0, 0.05) is 12.6 Å². The van der Waals surface area contributed by atoms with Gasteiger partial charge in [0.25, 0.3) is 0 Å². The second-order valence-corrected chi connectivity index (χ2v) is 4.13. The fourth-order valence-corrected chi connectivity index (χ4v) is 1.65. The Morgan fingerprint density at radius 1 is 1.35 bits per heavy atom. The van der Waals surface area contributed by atoms with Crippen LogP contribution in [-0.4, -0.2) is 15.6 Å². The maximum absolute atomic E-state index is 12.7. The van der Waals surface area contributed by atoms with Crippen LogP contribution < -0.4 is 0 Å². The van der Waals surface area contributed by atoms with E-state index in [-0.39, 0.29) is 24.6 Å². The fourth-order valence-electron chi connectivity index (χ4n) is 1.49. The third-order valence-corrected chi connectivity index (χ3v) is 2.45. The van der Waals surface area contributed by atoms with E-state index < -0.39 is 0 Å². The van der Waals surface area contributed by atoms with Crippen molar-refractivity contribution in [3.8, 4) is 0 Å². The molecule has 0 unspecified atom stereocenters. The molecule has 17 heavy (non-hydrogen) atoms. The van der Waals surface area contributed by atoms with Gasteiger partial charge < -0.3 is 0 Å². The van der Waals surface area contributed by atoms with E-state index in [2.05, 4.69) is 5.10 Å². The lowest BCUT2D eigenvalue weighted by atomic mass is 10.1. The lowest BCUT2D eigenvalue weighted by Gasteiger charge is -2.01. The number of halogens is 2. The van der Waals surface area contributed by atoms with Gasteiger partial charge in [-0.15, -0.1) is 0 Å². The van der Waals surface area contributed by atoms with Gasteiger partial charge in [-0.2, -0.15) is 5.10 Å². The van der Waals surface area contributed by atoms with Gasteiger partial charge in [-0.25, -0.2) is 4.39 Å². The molecule has 0 saturated carbocycles. The van der Waals surface area contributed by atoms with Crippen LogP contribution in [0, 0.1) is 5.82 Å². The molecular formula is C12H10ClFN2O. The highest BCUT2D eigenvalue weighted by Crippen LogP contribution is 2.07. The van der Waals surface area contributed by atoms with Crippen LogP contribution >= 0.6 is 11.6 Å².